The molecule has 3 heterocycles. The van der Waals surface area contributed by atoms with E-state index in [4.69, 9.17) is 10.8 Å². The van der Waals surface area contributed by atoms with Gasteiger partial charge in [-0.3, -0.25) is 24.6 Å². The third-order valence-electron chi connectivity index (χ3n) is 6.75. The molecule has 2 saturated heterocycles. The van der Waals surface area contributed by atoms with Gasteiger partial charge < -0.3 is 14.4 Å². The van der Waals surface area contributed by atoms with Gasteiger partial charge in [-0.15, -0.1) is 0 Å². The van der Waals surface area contributed by atoms with Gasteiger partial charge in [-0.1, -0.05) is 12.1 Å². The number of rotatable bonds is 6. The Kier molecular flexibility index (Phi) is 6.41. The summed E-state index contributed by atoms with van der Waals surface area (Å²) in [5.41, 5.74) is 2.23. The number of nitrogens with zero attached hydrogens (tertiary/aromatic N) is 2. The van der Waals surface area contributed by atoms with Gasteiger partial charge >= 0.3 is 0 Å². The zero-order valence-electron chi connectivity index (χ0n) is 21.4. The normalized spacial score (nSPS) is 27.0. The first-order valence-corrected chi connectivity index (χ1v) is 12.2. The molecular formula is C27H30FN3O5. The second-order valence-electron chi connectivity index (χ2n) is 9.66. The number of morpholine rings is 1. The quantitative estimate of drug-likeness (QED) is 0.619. The fraction of sp³-hybridized carbons (Fsp3) is 0.444. The van der Waals surface area contributed by atoms with Crippen LogP contribution in [0.25, 0.3) is 0 Å². The molecule has 0 aromatic heterocycles. The van der Waals surface area contributed by atoms with Gasteiger partial charge in [-0.2, -0.15) is 0 Å². The Labute approximate surface area is 210 Å². The molecule has 3 atom stereocenters. The average Bonchev–Trinajstić information content (AvgIpc) is 3.19. The Morgan fingerprint density at radius 3 is 2.69 bits per heavy atom. The zero-order chi connectivity index (χ0) is 26.3. The van der Waals surface area contributed by atoms with E-state index in [0.29, 0.717) is 29.0 Å². The summed E-state index contributed by atoms with van der Waals surface area (Å²) < 4.78 is 35.1. The number of fused-ring (bicyclic) bond motifs is 1. The third kappa shape index (κ3) is 4.99. The van der Waals surface area contributed by atoms with Gasteiger partial charge in [0.05, 0.1) is 20.1 Å². The highest BCUT2D eigenvalue weighted by Gasteiger charge is 2.40. The van der Waals surface area contributed by atoms with Gasteiger partial charge in [0, 0.05) is 42.7 Å². The second kappa shape index (κ2) is 9.99. The number of carbonyl (C=O) groups is 3. The molecule has 3 amide bonds. The number of ether oxygens (including phenoxy) is 2. The molecule has 3 unspecified atom stereocenters. The lowest BCUT2D eigenvalue weighted by Gasteiger charge is -2.35. The Hall–Kier alpha value is -3.30. The van der Waals surface area contributed by atoms with Crippen LogP contribution < -0.4 is 10.1 Å². The lowest BCUT2D eigenvalue weighted by molar-refractivity contribution is -0.136. The second-order valence-corrected chi connectivity index (χ2v) is 9.66. The molecule has 0 radical (unpaired) electrons. The van der Waals surface area contributed by atoms with Crippen LogP contribution in [0.5, 0.6) is 5.75 Å². The van der Waals surface area contributed by atoms with Crippen molar-refractivity contribution in [1.82, 2.24) is 15.1 Å². The van der Waals surface area contributed by atoms with Crippen molar-refractivity contribution in [1.29, 1.82) is 0 Å². The molecule has 190 valence electrons. The van der Waals surface area contributed by atoms with Gasteiger partial charge in [0.25, 0.3) is 5.91 Å². The van der Waals surface area contributed by atoms with Crippen LogP contribution in [-0.4, -0.2) is 58.8 Å². The molecule has 36 heavy (non-hydrogen) atoms. The minimum absolute atomic E-state index is 0.00856. The highest BCUT2D eigenvalue weighted by molar-refractivity contribution is 6.05. The predicted molar refractivity (Wildman–Crippen MR) is 129 cm³/mol. The van der Waals surface area contributed by atoms with Crippen molar-refractivity contribution in [3.8, 4) is 5.75 Å². The highest BCUT2D eigenvalue weighted by Crippen LogP contribution is 2.34. The van der Waals surface area contributed by atoms with E-state index in [1.807, 2.05) is 13.8 Å². The van der Waals surface area contributed by atoms with Gasteiger partial charge in [0.15, 0.2) is 0 Å². The van der Waals surface area contributed by atoms with Crippen LogP contribution >= 0.6 is 0 Å². The maximum absolute atomic E-state index is 14.7. The van der Waals surface area contributed by atoms with Crippen LogP contribution in [0, 0.1) is 5.82 Å². The van der Waals surface area contributed by atoms with E-state index in [1.54, 1.807) is 30.3 Å². The number of benzene rings is 2. The first-order chi connectivity index (χ1) is 17.6. The van der Waals surface area contributed by atoms with E-state index in [0.717, 1.165) is 23.6 Å². The standard InChI is InChI=1S/C27H30FN3O5/c1-16-11-30(12-17(2)36-16)13-18-6-7-22(28)19(10-18)15-35-24-5-3-4-20-21(24)14-31(27(20)34)23-8-9-25(32)29-26(23)33/h3-7,10,16-17,23H,8-9,11-15H2,1-2H3,(H,29,32,33)/i23D. The van der Waals surface area contributed by atoms with Crippen molar-refractivity contribution >= 4 is 17.7 Å². The number of piperidine rings is 1. The molecule has 5 rings (SSSR count). The van der Waals surface area contributed by atoms with E-state index in [1.165, 1.54) is 6.07 Å². The summed E-state index contributed by atoms with van der Waals surface area (Å²) in [7, 11) is 0. The maximum atomic E-state index is 14.7. The minimum atomic E-state index is -1.88. The Bertz CT molecular complexity index is 1250. The Morgan fingerprint density at radius 1 is 1.17 bits per heavy atom. The molecule has 0 saturated carbocycles. The van der Waals surface area contributed by atoms with E-state index >= 15 is 0 Å². The fourth-order valence-electron chi connectivity index (χ4n) is 5.19. The van der Waals surface area contributed by atoms with Gasteiger partial charge in [-0.05, 0) is 50.1 Å². The monoisotopic (exact) mass is 496 g/mol. The lowest BCUT2D eigenvalue weighted by atomic mass is 10.0. The molecule has 9 heteroatoms. The van der Waals surface area contributed by atoms with Gasteiger partial charge in [-0.25, -0.2) is 4.39 Å². The smallest absolute Gasteiger partial charge is 0.255 e. The number of nitrogens with one attached hydrogen (secondary N) is 1. The fourth-order valence-corrected chi connectivity index (χ4v) is 5.19. The lowest BCUT2D eigenvalue weighted by Crippen LogP contribution is -2.52. The molecule has 2 aromatic carbocycles. The van der Waals surface area contributed by atoms with E-state index < -0.39 is 23.7 Å². The van der Waals surface area contributed by atoms with Crippen LogP contribution in [0.1, 0.15) is 55.1 Å². The van der Waals surface area contributed by atoms with Crippen LogP contribution in [-0.2, 0) is 34.0 Å². The van der Waals surface area contributed by atoms with Crippen molar-refractivity contribution in [2.24, 2.45) is 0 Å². The number of halogens is 1. The van der Waals surface area contributed by atoms with Crippen molar-refractivity contribution in [2.45, 2.75) is 64.6 Å². The van der Waals surface area contributed by atoms with Gasteiger partial charge in [0.2, 0.25) is 11.8 Å². The molecule has 2 fully saturated rings. The van der Waals surface area contributed by atoms with E-state index in [9.17, 15) is 18.8 Å². The summed E-state index contributed by atoms with van der Waals surface area (Å²) in [6, 6.07) is 8.09. The van der Waals surface area contributed by atoms with E-state index in [2.05, 4.69) is 10.2 Å². The molecule has 0 spiro atoms. The molecule has 1 N–H and O–H groups in total. The molecule has 3 aliphatic rings. The summed E-state index contributed by atoms with van der Waals surface area (Å²) in [6.07, 6.45) is 0.179. The number of imide groups is 1. The number of amides is 3. The van der Waals surface area contributed by atoms with Crippen molar-refractivity contribution in [3.05, 3.63) is 64.5 Å². The third-order valence-corrected chi connectivity index (χ3v) is 6.75. The Balaban J connectivity index is 1.31. The van der Waals surface area contributed by atoms with Crippen molar-refractivity contribution in [3.63, 3.8) is 0 Å². The molecule has 8 nitrogen and oxygen atoms in total. The highest BCUT2D eigenvalue weighted by atomic mass is 19.1. The van der Waals surface area contributed by atoms with Crippen LogP contribution in [0.4, 0.5) is 4.39 Å². The largest absolute Gasteiger partial charge is 0.488 e. The first kappa shape index (κ1) is 23.1. The average molecular weight is 497 g/mol. The van der Waals surface area contributed by atoms with Crippen LogP contribution in [0.15, 0.2) is 36.4 Å². The maximum Gasteiger partial charge on any atom is 0.255 e. The molecule has 2 aromatic rings. The van der Waals surface area contributed by atoms with Crippen molar-refractivity contribution in [2.75, 3.05) is 13.1 Å². The summed E-state index contributed by atoms with van der Waals surface area (Å²) in [4.78, 5) is 40.6. The Morgan fingerprint density at radius 2 is 1.94 bits per heavy atom. The number of hydrogen-bond acceptors (Lipinski definition) is 6. The van der Waals surface area contributed by atoms with Crippen molar-refractivity contribution < 1.29 is 29.6 Å². The SMILES string of the molecule is [2H]C1(N2Cc3c(OCc4cc(CN5CC(C)OC(C)C5)ccc4F)cccc3C2=O)CCC(=O)NC1=O. The zero-order valence-corrected chi connectivity index (χ0v) is 20.4. The molecule has 3 aliphatic heterocycles. The molecule has 0 bridgehead atoms. The van der Waals surface area contributed by atoms with E-state index in [-0.39, 0.29) is 44.0 Å². The first-order valence-electron chi connectivity index (χ1n) is 12.7. The van der Waals surface area contributed by atoms with Gasteiger partial charge in [0.1, 0.15) is 24.2 Å². The minimum Gasteiger partial charge on any atom is -0.488 e. The molecular weight excluding hydrogens is 465 g/mol. The summed E-state index contributed by atoms with van der Waals surface area (Å²) in [5, 5.41) is 2.16. The van der Waals surface area contributed by atoms with Crippen LogP contribution in [0.3, 0.4) is 0 Å². The summed E-state index contributed by atoms with van der Waals surface area (Å²) in [5.74, 6) is -1.73. The molecule has 0 aliphatic carbocycles. The summed E-state index contributed by atoms with van der Waals surface area (Å²) >= 11 is 0. The topological polar surface area (TPSA) is 88.2 Å². The predicted octanol–water partition coefficient (Wildman–Crippen LogP) is 2.77. The number of hydrogen-bond donors (Lipinski definition) is 1. The number of carbonyl (C=O) groups excluding carboxylic acids is 3. The van der Waals surface area contributed by atoms with Crippen LogP contribution in [0.2, 0.25) is 0 Å². The summed E-state index contributed by atoms with van der Waals surface area (Å²) in [6.45, 7) is 6.31.